The van der Waals surface area contributed by atoms with Gasteiger partial charge in [0.05, 0.1) is 5.52 Å². The van der Waals surface area contributed by atoms with E-state index in [1.165, 1.54) is 5.56 Å². The quantitative estimate of drug-likeness (QED) is 0.638. The largest absolute Gasteiger partial charge is 0.454 e. The molecule has 0 spiro atoms. The van der Waals surface area contributed by atoms with Gasteiger partial charge in [0.1, 0.15) is 5.56 Å². The SMILES string of the molecule is C[C@@H]1Cc2cccc3c(=O)c(C(=O)N4CCN(Cc5ccc6c(c5)OCO6)CC4)cn1c23. The number of carbonyl (C=O) groups is 1. The molecule has 1 aromatic heterocycles. The van der Waals surface area contributed by atoms with E-state index in [0.29, 0.717) is 18.5 Å². The Bertz CT molecular complexity index is 1290. The van der Waals surface area contributed by atoms with Crippen LogP contribution in [0.4, 0.5) is 0 Å². The van der Waals surface area contributed by atoms with E-state index in [-0.39, 0.29) is 29.7 Å². The Morgan fingerprint density at radius 1 is 1.06 bits per heavy atom. The Balaban J connectivity index is 1.18. The minimum absolute atomic E-state index is 0.153. The van der Waals surface area contributed by atoms with E-state index in [1.54, 1.807) is 6.20 Å². The summed E-state index contributed by atoms with van der Waals surface area (Å²) < 4.78 is 13.0. The van der Waals surface area contributed by atoms with Crippen molar-refractivity contribution in [2.45, 2.75) is 25.9 Å². The lowest BCUT2D eigenvalue weighted by Crippen LogP contribution is -2.49. The number of aromatic nitrogens is 1. The summed E-state index contributed by atoms with van der Waals surface area (Å²) in [5, 5.41) is 0.652. The number of hydrogen-bond acceptors (Lipinski definition) is 5. The first-order chi connectivity index (χ1) is 15.6. The van der Waals surface area contributed by atoms with Crippen molar-refractivity contribution >= 4 is 16.8 Å². The summed E-state index contributed by atoms with van der Waals surface area (Å²) in [5.74, 6) is 1.42. The molecule has 1 saturated heterocycles. The smallest absolute Gasteiger partial charge is 0.259 e. The summed E-state index contributed by atoms with van der Waals surface area (Å²) >= 11 is 0. The first kappa shape index (κ1) is 19.4. The van der Waals surface area contributed by atoms with Gasteiger partial charge < -0.3 is 18.9 Å². The molecule has 0 radical (unpaired) electrons. The number of amides is 1. The molecule has 6 rings (SSSR count). The molecule has 3 aliphatic heterocycles. The molecule has 2 aromatic carbocycles. The van der Waals surface area contributed by atoms with Gasteiger partial charge in [-0.05, 0) is 42.7 Å². The fourth-order valence-corrected chi connectivity index (χ4v) is 5.15. The lowest BCUT2D eigenvalue weighted by Gasteiger charge is -2.34. The Morgan fingerprint density at radius 2 is 1.88 bits per heavy atom. The zero-order valence-corrected chi connectivity index (χ0v) is 18.0. The fraction of sp³-hybridized carbons (Fsp3) is 0.360. The van der Waals surface area contributed by atoms with Gasteiger partial charge in [0.15, 0.2) is 11.5 Å². The molecule has 7 heteroatoms. The molecule has 4 heterocycles. The number of piperazine rings is 1. The van der Waals surface area contributed by atoms with Crippen LogP contribution in [0.1, 0.15) is 34.5 Å². The third-order valence-electron chi connectivity index (χ3n) is 6.86. The molecule has 1 amide bonds. The second-order valence-electron chi connectivity index (χ2n) is 8.90. The van der Waals surface area contributed by atoms with Gasteiger partial charge >= 0.3 is 0 Å². The summed E-state index contributed by atoms with van der Waals surface area (Å²) in [6.45, 7) is 5.95. The van der Waals surface area contributed by atoms with Crippen molar-refractivity contribution in [3.05, 3.63) is 69.5 Å². The lowest BCUT2D eigenvalue weighted by atomic mass is 10.1. The first-order valence-corrected chi connectivity index (χ1v) is 11.2. The molecule has 3 aliphatic rings. The fourth-order valence-electron chi connectivity index (χ4n) is 5.15. The average molecular weight is 431 g/mol. The molecular formula is C25H25N3O4. The maximum atomic E-state index is 13.3. The van der Waals surface area contributed by atoms with Gasteiger partial charge in [0.2, 0.25) is 12.2 Å². The normalized spacial score (nSPS) is 19.7. The number of ether oxygens (including phenoxy) is 2. The van der Waals surface area contributed by atoms with Crippen LogP contribution >= 0.6 is 0 Å². The van der Waals surface area contributed by atoms with E-state index in [9.17, 15) is 9.59 Å². The molecule has 0 bridgehead atoms. The zero-order valence-electron chi connectivity index (χ0n) is 18.0. The maximum Gasteiger partial charge on any atom is 0.259 e. The topological polar surface area (TPSA) is 64.0 Å². The molecule has 3 aromatic rings. The van der Waals surface area contributed by atoms with Crippen LogP contribution in [-0.2, 0) is 13.0 Å². The molecule has 164 valence electrons. The van der Waals surface area contributed by atoms with Crippen molar-refractivity contribution in [2.75, 3.05) is 33.0 Å². The van der Waals surface area contributed by atoms with Gasteiger partial charge in [0, 0.05) is 50.3 Å². The highest BCUT2D eigenvalue weighted by molar-refractivity contribution is 5.98. The summed E-state index contributed by atoms with van der Waals surface area (Å²) in [4.78, 5) is 30.6. The van der Waals surface area contributed by atoms with Gasteiger partial charge in [-0.15, -0.1) is 0 Å². The third-order valence-corrected chi connectivity index (χ3v) is 6.86. The van der Waals surface area contributed by atoms with E-state index in [0.717, 1.165) is 48.6 Å². The van der Waals surface area contributed by atoms with Gasteiger partial charge in [0.25, 0.3) is 5.91 Å². The number of carbonyl (C=O) groups excluding carboxylic acids is 1. The Labute approximate surface area is 185 Å². The second kappa shape index (κ2) is 7.38. The van der Waals surface area contributed by atoms with Crippen molar-refractivity contribution < 1.29 is 14.3 Å². The molecule has 0 unspecified atom stereocenters. The van der Waals surface area contributed by atoms with Crippen LogP contribution in [0.25, 0.3) is 10.9 Å². The number of para-hydroxylation sites is 1. The van der Waals surface area contributed by atoms with Crippen LogP contribution < -0.4 is 14.9 Å². The number of fused-ring (bicyclic) bond motifs is 1. The summed E-state index contributed by atoms with van der Waals surface area (Å²) in [5.41, 5.74) is 3.46. The van der Waals surface area contributed by atoms with Crippen LogP contribution in [0.3, 0.4) is 0 Å². The zero-order chi connectivity index (χ0) is 21.8. The molecule has 1 atom stereocenters. The molecular weight excluding hydrogens is 406 g/mol. The van der Waals surface area contributed by atoms with Crippen LogP contribution in [0.2, 0.25) is 0 Å². The summed E-state index contributed by atoms with van der Waals surface area (Å²) in [6, 6.07) is 12.1. The lowest BCUT2D eigenvalue weighted by molar-refractivity contribution is 0.0626. The van der Waals surface area contributed by atoms with Gasteiger partial charge in [-0.1, -0.05) is 18.2 Å². The van der Waals surface area contributed by atoms with E-state index < -0.39 is 0 Å². The Hall–Kier alpha value is -3.32. The number of rotatable bonds is 3. The first-order valence-electron chi connectivity index (χ1n) is 11.2. The van der Waals surface area contributed by atoms with Crippen molar-refractivity contribution in [1.82, 2.24) is 14.4 Å². The summed E-state index contributed by atoms with van der Waals surface area (Å²) in [7, 11) is 0. The predicted octanol–water partition coefficient (Wildman–Crippen LogP) is 2.81. The molecule has 0 saturated carbocycles. The van der Waals surface area contributed by atoms with Crippen LogP contribution in [-0.4, -0.2) is 53.2 Å². The van der Waals surface area contributed by atoms with Gasteiger partial charge in [-0.25, -0.2) is 0 Å². The third kappa shape index (κ3) is 3.07. The van der Waals surface area contributed by atoms with E-state index in [4.69, 9.17) is 9.47 Å². The number of pyridine rings is 1. The van der Waals surface area contributed by atoms with Crippen molar-refractivity contribution in [3.63, 3.8) is 0 Å². The van der Waals surface area contributed by atoms with Crippen LogP contribution in [0.15, 0.2) is 47.4 Å². The van der Waals surface area contributed by atoms with E-state index in [1.807, 2.05) is 29.2 Å². The van der Waals surface area contributed by atoms with E-state index >= 15 is 0 Å². The Kier molecular flexibility index (Phi) is 4.47. The van der Waals surface area contributed by atoms with Crippen molar-refractivity contribution in [2.24, 2.45) is 0 Å². The van der Waals surface area contributed by atoms with Gasteiger partial charge in [-0.3, -0.25) is 14.5 Å². The van der Waals surface area contributed by atoms with Gasteiger partial charge in [-0.2, -0.15) is 0 Å². The molecule has 1 fully saturated rings. The van der Waals surface area contributed by atoms with Crippen molar-refractivity contribution in [1.29, 1.82) is 0 Å². The molecule has 7 nitrogen and oxygen atoms in total. The minimum Gasteiger partial charge on any atom is -0.454 e. The maximum absolute atomic E-state index is 13.3. The van der Waals surface area contributed by atoms with Crippen molar-refractivity contribution in [3.8, 4) is 11.5 Å². The highest BCUT2D eigenvalue weighted by Gasteiger charge is 2.28. The number of nitrogens with zero attached hydrogens (tertiary/aromatic N) is 3. The average Bonchev–Trinajstić information content (AvgIpc) is 3.40. The van der Waals surface area contributed by atoms with Crippen LogP contribution in [0, 0.1) is 0 Å². The monoisotopic (exact) mass is 431 g/mol. The highest BCUT2D eigenvalue weighted by atomic mass is 16.7. The van der Waals surface area contributed by atoms with E-state index in [2.05, 4.69) is 28.5 Å². The van der Waals surface area contributed by atoms with Crippen LogP contribution in [0.5, 0.6) is 11.5 Å². The number of hydrogen-bond donors (Lipinski definition) is 0. The second-order valence-corrected chi connectivity index (χ2v) is 8.90. The minimum atomic E-state index is -0.159. The predicted molar refractivity (Wildman–Crippen MR) is 120 cm³/mol. The molecule has 0 aliphatic carbocycles. The molecule has 0 N–H and O–H groups in total. The standard InChI is InChI=1S/C25H25N3O4/c1-16-11-18-3-2-4-19-23(18)28(16)14-20(24(19)29)25(30)27-9-7-26(8-10-27)13-17-5-6-21-22(12-17)32-15-31-21/h2-6,12,14,16H,7-11,13,15H2,1H3/t16-/m1/s1. The number of benzene rings is 2. The molecule has 32 heavy (non-hydrogen) atoms. The highest BCUT2D eigenvalue weighted by Crippen LogP contribution is 2.33. The summed E-state index contributed by atoms with van der Waals surface area (Å²) in [6.07, 6.45) is 2.68. The Morgan fingerprint density at radius 3 is 2.72 bits per heavy atom.